The first kappa shape index (κ1) is 20.3. The second-order valence-corrected chi connectivity index (χ2v) is 11.6. The summed E-state index contributed by atoms with van der Waals surface area (Å²) in [6.07, 6.45) is 4.80. The minimum Gasteiger partial charge on any atom is -0.273 e. The van der Waals surface area contributed by atoms with Gasteiger partial charge in [-0.3, -0.25) is 4.79 Å². The van der Waals surface area contributed by atoms with Gasteiger partial charge in [-0.15, -0.1) is 0 Å². The molecule has 0 bridgehead atoms. The maximum Gasteiger partial charge on any atom is 0.247 e. The van der Waals surface area contributed by atoms with Gasteiger partial charge in [0.15, 0.2) is 0 Å². The second kappa shape index (κ2) is 6.86. The maximum absolute atomic E-state index is 12.7. The van der Waals surface area contributed by atoms with Gasteiger partial charge >= 0.3 is 0 Å². The molecule has 0 aromatic heterocycles. The molecule has 1 saturated carbocycles. The monoisotopic (exact) mass is 414 g/mol. The lowest BCUT2D eigenvalue weighted by molar-refractivity contribution is -0.123. The zero-order chi connectivity index (χ0) is 20.0. The van der Waals surface area contributed by atoms with Crippen LogP contribution in [0, 0.1) is 12.3 Å². The number of anilines is 1. The lowest BCUT2D eigenvalue weighted by Crippen LogP contribution is -2.36. The van der Waals surface area contributed by atoms with Crippen LogP contribution in [0.4, 0.5) is 5.69 Å². The highest BCUT2D eigenvalue weighted by molar-refractivity contribution is 7.94. The predicted octanol–water partition coefficient (Wildman–Crippen LogP) is 2.31. The molecule has 0 unspecified atom stereocenters. The smallest absolute Gasteiger partial charge is 0.247 e. The molecule has 1 aromatic carbocycles. The van der Waals surface area contributed by atoms with Crippen LogP contribution in [0.5, 0.6) is 0 Å². The van der Waals surface area contributed by atoms with Crippen molar-refractivity contribution in [1.29, 1.82) is 0 Å². The van der Waals surface area contributed by atoms with Gasteiger partial charge in [0.05, 0.1) is 21.8 Å². The first-order valence-corrected chi connectivity index (χ1v) is 12.2. The Morgan fingerprint density at radius 3 is 2.30 bits per heavy atom. The largest absolute Gasteiger partial charge is 0.273 e. The molecule has 1 heterocycles. The topological polar surface area (TPSA) is 101 Å². The maximum atomic E-state index is 12.7. The summed E-state index contributed by atoms with van der Waals surface area (Å²) in [5.41, 5.74) is -0.414. The molecule has 1 saturated heterocycles. The Morgan fingerprint density at radius 2 is 1.78 bits per heavy atom. The van der Waals surface area contributed by atoms with Crippen LogP contribution in [0.2, 0.25) is 0 Å². The summed E-state index contributed by atoms with van der Waals surface area (Å²) >= 11 is 0. The van der Waals surface area contributed by atoms with E-state index >= 15 is 0 Å². The Bertz CT molecular complexity index is 961. The fourth-order valence-corrected chi connectivity index (χ4v) is 7.46. The molecule has 0 atom stereocenters. The van der Waals surface area contributed by atoms with Crippen LogP contribution in [0.1, 0.15) is 51.5 Å². The van der Waals surface area contributed by atoms with Crippen LogP contribution in [-0.2, 0) is 24.8 Å². The number of amides is 1. The highest BCUT2D eigenvalue weighted by atomic mass is 32.2. The van der Waals surface area contributed by atoms with Crippen molar-refractivity contribution in [3.05, 3.63) is 23.8 Å². The standard InChI is InChI=1S/C18H26N2O5S2/c1-13-11-15(20-17(21)18(2,3)12-26(20,22)23)9-10-16(13)27(24,25)19-14-7-5-4-6-8-14/h9-11,14,19H,4-8,12H2,1-3H3. The van der Waals surface area contributed by atoms with Crippen molar-refractivity contribution >= 4 is 31.6 Å². The summed E-state index contributed by atoms with van der Waals surface area (Å²) in [6, 6.07) is 4.15. The molecule has 0 spiro atoms. The minimum atomic E-state index is -3.77. The predicted molar refractivity (Wildman–Crippen MR) is 103 cm³/mol. The van der Waals surface area contributed by atoms with E-state index in [2.05, 4.69) is 4.72 Å². The fourth-order valence-electron chi connectivity index (χ4n) is 3.83. The van der Waals surface area contributed by atoms with Crippen molar-refractivity contribution in [2.75, 3.05) is 10.1 Å². The molecule has 1 aromatic rings. The van der Waals surface area contributed by atoms with Crippen LogP contribution in [0.3, 0.4) is 0 Å². The zero-order valence-corrected chi connectivity index (χ0v) is 17.5. The quantitative estimate of drug-likeness (QED) is 0.815. The number of sulfonamides is 2. The number of nitrogens with zero attached hydrogens (tertiary/aromatic N) is 1. The Balaban J connectivity index is 1.91. The van der Waals surface area contributed by atoms with Gasteiger partial charge in [0.1, 0.15) is 0 Å². The van der Waals surface area contributed by atoms with Crippen molar-refractivity contribution in [2.24, 2.45) is 5.41 Å². The van der Waals surface area contributed by atoms with Crippen molar-refractivity contribution in [1.82, 2.24) is 4.72 Å². The van der Waals surface area contributed by atoms with E-state index in [9.17, 15) is 21.6 Å². The number of carbonyl (C=O) groups is 1. The molecule has 2 fully saturated rings. The molecule has 1 aliphatic carbocycles. The van der Waals surface area contributed by atoms with Crippen LogP contribution in [0.15, 0.2) is 23.1 Å². The third kappa shape index (κ3) is 3.90. The van der Waals surface area contributed by atoms with Crippen LogP contribution < -0.4 is 9.03 Å². The minimum absolute atomic E-state index is 0.0656. The summed E-state index contributed by atoms with van der Waals surface area (Å²) in [4.78, 5) is 12.6. The van der Waals surface area contributed by atoms with Gasteiger partial charge in [0, 0.05) is 6.04 Å². The first-order valence-electron chi connectivity index (χ1n) is 9.14. The van der Waals surface area contributed by atoms with Crippen molar-refractivity contribution in [3.63, 3.8) is 0 Å². The van der Waals surface area contributed by atoms with E-state index in [1.54, 1.807) is 20.8 Å². The van der Waals surface area contributed by atoms with Crippen molar-refractivity contribution in [3.8, 4) is 0 Å². The van der Waals surface area contributed by atoms with Gasteiger partial charge in [0.2, 0.25) is 26.0 Å². The van der Waals surface area contributed by atoms with E-state index in [0.717, 1.165) is 36.4 Å². The third-order valence-electron chi connectivity index (χ3n) is 5.19. The van der Waals surface area contributed by atoms with Gasteiger partial charge < -0.3 is 0 Å². The Hall–Kier alpha value is -1.45. The van der Waals surface area contributed by atoms with Gasteiger partial charge in [-0.2, -0.15) is 0 Å². The van der Waals surface area contributed by atoms with E-state index in [-0.39, 0.29) is 22.4 Å². The number of nitrogens with one attached hydrogen (secondary N) is 1. The van der Waals surface area contributed by atoms with Gasteiger partial charge in [0.25, 0.3) is 0 Å². The highest BCUT2D eigenvalue weighted by Crippen LogP contribution is 2.36. The lowest BCUT2D eigenvalue weighted by atomic mass is 9.95. The second-order valence-electron chi connectivity index (χ2n) is 8.12. The van der Waals surface area contributed by atoms with Crippen molar-refractivity contribution in [2.45, 2.75) is 63.8 Å². The fraction of sp³-hybridized carbons (Fsp3) is 0.611. The lowest BCUT2D eigenvalue weighted by Gasteiger charge is -2.23. The van der Waals surface area contributed by atoms with E-state index in [4.69, 9.17) is 0 Å². The molecule has 27 heavy (non-hydrogen) atoms. The average Bonchev–Trinajstić information content (AvgIpc) is 2.70. The van der Waals surface area contributed by atoms with Crippen LogP contribution >= 0.6 is 0 Å². The molecular weight excluding hydrogens is 388 g/mol. The molecule has 1 N–H and O–H groups in total. The molecule has 0 radical (unpaired) electrons. The van der Waals surface area contributed by atoms with E-state index in [1.807, 2.05) is 0 Å². The zero-order valence-electron chi connectivity index (χ0n) is 15.9. The Morgan fingerprint density at radius 1 is 1.15 bits per heavy atom. The van der Waals surface area contributed by atoms with E-state index < -0.39 is 31.4 Å². The summed E-state index contributed by atoms with van der Waals surface area (Å²) in [6.45, 7) is 4.79. The van der Waals surface area contributed by atoms with E-state index in [1.165, 1.54) is 18.2 Å². The van der Waals surface area contributed by atoms with Crippen LogP contribution in [0.25, 0.3) is 0 Å². The normalized spacial score (nSPS) is 22.9. The SMILES string of the molecule is Cc1cc(N2C(=O)C(C)(C)CS2(=O)=O)ccc1S(=O)(=O)NC1CCCCC1. The molecule has 7 nitrogen and oxygen atoms in total. The van der Waals surface area contributed by atoms with Crippen molar-refractivity contribution < 1.29 is 21.6 Å². The third-order valence-corrected chi connectivity index (χ3v) is 8.89. The Kier molecular flexibility index (Phi) is 5.15. The molecule has 3 rings (SSSR count). The molecule has 2 aliphatic rings. The molecule has 1 amide bonds. The summed E-state index contributed by atoms with van der Waals surface area (Å²) in [5.74, 6) is -0.765. The number of carbonyl (C=O) groups excluding carboxylic acids is 1. The van der Waals surface area contributed by atoms with E-state index in [0.29, 0.717) is 5.56 Å². The Labute approximate surface area is 161 Å². The average molecular weight is 415 g/mol. The summed E-state index contributed by atoms with van der Waals surface area (Å²) in [7, 11) is -7.46. The molecule has 9 heteroatoms. The number of aryl methyl sites for hydroxylation is 1. The van der Waals surface area contributed by atoms with Gasteiger partial charge in [-0.25, -0.2) is 25.9 Å². The first-order chi connectivity index (χ1) is 12.4. The number of rotatable bonds is 4. The number of benzene rings is 1. The molecule has 1 aliphatic heterocycles. The summed E-state index contributed by atoms with van der Waals surface area (Å²) in [5, 5.41) is 0. The molecule has 150 valence electrons. The van der Waals surface area contributed by atoms with Gasteiger partial charge in [-0.05, 0) is 57.4 Å². The summed E-state index contributed by atoms with van der Waals surface area (Å²) < 4.78 is 53.9. The van der Waals surface area contributed by atoms with Gasteiger partial charge in [-0.1, -0.05) is 19.3 Å². The molecular formula is C18H26N2O5S2. The number of hydrogen-bond donors (Lipinski definition) is 1. The highest BCUT2D eigenvalue weighted by Gasteiger charge is 2.50. The van der Waals surface area contributed by atoms with Crippen LogP contribution in [-0.4, -0.2) is 34.5 Å². The number of hydrogen-bond acceptors (Lipinski definition) is 5.